The van der Waals surface area contributed by atoms with Crippen LogP contribution >= 0.6 is 0 Å². The van der Waals surface area contributed by atoms with E-state index in [4.69, 9.17) is 15.2 Å². The lowest BCUT2D eigenvalue weighted by atomic mass is 10.1. The van der Waals surface area contributed by atoms with Gasteiger partial charge in [0.05, 0.1) is 6.10 Å². The van der Waals surface area contributed by atoms with Crippen LogP contribution < -0.4 is 10.5 Å². The van der Waals surface area contributed by atoms with Crippen molar-refractivity contribution in [2.24, 2.45) is 5.73 Å². The minimum absolute atomic E-state index is 0.246. The first-order chi connectivity index (χ1) is 8.29. The zero-order chi connectivity index (χ0) is 12.1. The lowest BCUT2D eigenvalue weighted by Gasteiger charge is -2.23. The van der Waals surface area contributed by atoms with Crippen LogP contribution in [0.5, 0.6) is 5.75 Å². The molecular weight excluding hydrogens is 214 g/mol. The summed E-state index contributed by atoms with van der Waals surface area (Å²) >= 11 is 0. The Hall–Kier alpha value is -1.06. The van der Waals surface area contributed by atoms with Crippen molar-refractivity contribution >= 4 is 0 Å². The van der Waals surface area contributed by atoms with Gasteiger partial charge in [-0.2, -0.15) is 0 Å². The highest BCUT2D eigenvalue weighted by Crippen LogP contribution is 2.21. The van der Waals surface area contributed by atoms with Crippen LogP contribution in [0.25, 0.3) is 0 Å². The number of hydrogen-bond acceptors (Lipinski definition) is 3. The molecule has 1 aromatic carbocycles. The van der Waals surface area contributed by atoms with E-state index >= 15 is 0 Å². The maximum atomic E-state index is 5.82. The molecule has 0 saturated carbocycles. The molecular formula is C14H21NO2. The Bertz CT molecular complexity index is 359. The molecule has 1 fully saturated rings. The number of nitrogens with two attached hydrogens (primary N) is 1. The first kappa shape index (κ1) is 12.4. The molecule has 3 heteroatoms. The largest absolute Gasteiger partial charge is 0.491 e. The summed E-state index contributed by atoms with van der Waals surface area (Å²) < 4.78 is 11.5. The van der Waals surface area contributed by atoms with Gasteiger partial charge < -0.3 is 15.2 Å². The summed E-state index contributed by atoms with van der Waals surface area (Å²) in [5.74, 6) is 0.896. The third-order valence-corrected chi connectivity index (χ3v) is 3.13. The predicted molar refractivity (Wildman–Crippen MR) is 68.2 cm³/mol. The zero-order valence-electron chi connectivity index (χ0n) is 10.4. The van der Waals surface area contributed by atoms with E-state index in [1.807, 2.05) is 6.07 Å². The summed E-state index contributed by atoms with van der Waals surface area (Å²) in [6, 6.07) is 6.13. The molecule has 1 heterocycles. The van der Waals surface area contributed by atoms with Crippen molar-refractivity contribution in [2.75, 3.05) is 13.2 Å². The van der Waals surface area contributed by atoms with Crippen LogP contribution in [0.2, 0.25) is 0 Å². The van der Waals surface area contributed by atoms with Crippen molar-refractivity contribution in [3.63, 3.8) is 0 Å². The molecule has 1 aromatic rings. The summed E-state index contributed by atoms with van der Waals surface area (Å²) in [5.41, 5.74) is 8.00. The minimum Gasteiger partial charge on any atom is -0.491 e. The summed E-state index contributed by atoms with van der Waals surface area (Å²) in [6.07, 6.45) is 3.76. The van der Waals surface area contributed by atoms with E-state index in [9.17, 15) is 0 Å². The van der Waals surface area contributed by atoms with Crippen LogP contribution in [0.4, 0.5) is 0 Å². The number of hydrogen-bond donors (Lipinski definition) is 1. The lowest BCUT2D eigenvalue weighted by molar-refractivity contribution is -0.0112. The van der Waals surface area contributed by atoms with Gasteiger partial charge in [-0.25, -0.2) is 0 Å². The second-order valence-corrected chi connectivity index (χ2v) is 4.61. The molecule has 1 atom stereocenters. The Morgan fingerprint density at radius 3 is 3.00 bits per heavy atom. The third kappa shape index (κ3) is 3.45. The van der Waals surface area contributed by atoms with E-state index in [1.54, 1.807) is 0 Å². The quantitative estimate of drug-likeness (QED) is 0.871. The Kier molecular flexibility index (Phi) is 4.40. The molecule has 94 valence electrons. The first-order valence-corrected chi connectivity index (χ1v) is 6.33. The van der Waals surface area contributed by atoms with Gasteiger partial charge in [0.1, 0.15) is 12.4 Å². The van der Waals surface area contributed by atoms with Crippen LogP contribution in [0.3, 0.4) is 0 Å². The second-order valence-electron chi connectivity index (χ2n) is 4.61. The normalized spacial score (nSPS) is 20.2. The van der Waals surface area contributed by atoms with Crippen molar-refractivity contribution in [1.29, 1.82) is 0 Å². The van der Waals surface area contributed by atoms with Crippen LogP contribution in [0.1, 0.15) is 30.4 Å². The molecule has 0 aliphatic carbocycles. The summed E-state index contributed by atoms with van der Waals surface area (Å²) in [4.78, 5) is 0. The lowest BCUT2D eigenvalue weighted by Crippen LogP contribution is -2.26. The Morgan fingerprint density at radius 2 is 2.29 bits per heavy atom. The molecule has 3 nitrogen and oxygen atoms in total. The van der Waals surface area contributed by atoms with Gasteiger partial charge in [-0.05, 0) is 32.3 Å². The van der Waals surface area contributed by atoms with E-state index in [1.165, 1.54) is 18.4 Å². The van der Waals surface area contributed by atoms with Crippen LogP contribution in [-0.4, -0.2) is 19.3 Å². The number of aryl methyl sites for hydroxylation is 1. The molecule has 1 aliphatic heterocycles. The summed E-state index contributed by atoms with van der Waals surface area (Å²) in [7, 11) is 0. The predicted octanol–water partition coefficient (Wildman–Crippen LogP) is 2.40. The van der Waals surface area contributed by atoms with Crippen molar-refractivity contribution in [2.45, 2.75) is 38.8 Å². The average molecular weight is 235 g/mol. The van der Waals surface area contributed by atoms with E-state index in [0.717, 1.165) is 24.3 Å². The van der Waals surface area contributed by atoms with Gasteiger partial charge in [-0.1, -0.05) is 17.7 Å². The molecule has 17 heavy (non-hydrogen) atoms. The molecule has 1 saturated heterocycles. The smallest absolute Gasteiger partial charge is 0.123 e. The van der Waals surface area contributed by atoms with Crippen molar-refractivity contribution in [3.05, 3.63) is 29.3 Å². The number of benzene rings is 1. The molecule has 0 spiro atoms. The molecule has 2 N–H and O–H groups in total. The fourth-order valence-electron chi connectivity index (χ4n) is 2.13. The molecule has 1 unspecified atom stereocenters. The van der Waals surface area contributed by atoms with E-state index < -0.39 is 0 Å². The monoisotopic (exact) mass is 235 g/mol. The highest BCUT2D eigenvalue weighted by Gasteiger charge is 2.15. The Morgan fingerprint density at radius 1 is 1.41 bits per heavy atom. The molecule has 0 radical (unpaired) electrons. The average Bonchev–Trinajstić information content (AvgIpc) is 2.38. The van der Waals surface area contributed by atoms with Gasteiger partial charge in [-0.15, -0.1) is 0 Å². The van der Waals surface area contributed by atoms with Gasteiger partial charge >= 0.3 is 0 Å². The maximum Gasteiger partial charge on any atom is 0.123 e. The fraction of sp³-hybridized carbons (Fsp3) is 0.571. The Labute approximate surface area is 103 Å². The second kappa shape index (κ2) is 6.03. The first-order valence-electron chi connectivity index (χ1n) is 6.33. The maximum absolute atomic E-state index is 5.82. The third-order valence-electron chi connectivity index (χ3n) is 3.13. The van der Waals surface area contributed by atoms with Gasteiger partial charge in [0, 0.05) is 18.7 Å². The summed E-state index contributed by atoms with van der Waals surface area (Å²) in [5, 5.41) is 0. The topological polar surface area (TPSA) is 44.5 Å². The van der Waals surface area contributed by atoms with Crippen molar-refractivity contribution < 1.29 is 9.47 Å². The molecule has 0 bridgehead atoms. The number of rotatable bonds is 4. The van der Waals surface area contributed by atoms with Gasteiger partial charge in [0.2, 0.25) is 0 Å². The molecule has 1 aliphatic rings. The molecule has 0 aromatic heterocycles. The fourth-order valence-corrected chi connectivity index (χ4v) is 2.13. The standard InChI is InChI=1S/C14H21NO2/c1-11-5-6-14(12(8-11)9-15)17-10-13-4-2-3-7-16-13/h5-6,8,13H,2-4,7,9-10,15H2,1H3. The minimum atomic E-state index is 0.246. The van der Waals surface area contributed by atoms with E-state index in [-0.39, 0.29) is 6.10 Å². The van der Waals surface area contributed by atoms with Crippen molar-refractivity contribution in [1.82, 2.24) is 0 Å². The van der Waals surface area contributed by atoms with Gasteiger partial charge in [0.15, 0.2) is 0 Å². The zero-order valence-corrected chi connectivity index (χ0v) is 10.4. The highest BCUT2D eigenvalue weighted by atomic mass is 16.5. The van der Waals surface area contributed by atoms with Crippen LogP contribution in [0, 0.1) is 6.92 Å². The summed E-state index contributed by atoms with van der Waals surface area (Å²) in [6.45, 7) is 4.08. The van der Waals surface area contributed by atoms with Gasteiger partial charge in [0.25, 0.3) is 0 Å². The molecule has 0 amide bonds. The van der Waals surface area contributed by atoms with E-state index in [0.29, 0.717) is 13.2 Å². The van der Waals surface area contributed by atoms with Gasteiger partial charge in [-0.3, -0.25) is 0 Å². The van der Waals surface area contributed by atoms with E-state index in [2.05, 4.69) is 19.1 Å². The Balaban J connectivity index is 1.93. The van der Waals surface area contributed by atoms with Crippen LogP contribution in [-0.2, 0) is 11.3 Å². The SMILES string of the molecule is Cc1ccc(OCC2CCCCO2)c(CN)c1. The number of ether oxygens (including phenoxy) is 2. The van der Waals surface area contributed by atoms with Crippen LogP contribution in [0.15, 0.2) is 18.2 Å². The van der Waals surface area contributed by atoms with Crippen molar-refractivity contribution in [3.8, 4) is 5.75 Å². The highest BCUT2D eigenvalue weighted by molar-refractivity contribution is 5.36. The molecule has 2 rings (SSSR count).